The zero-order valence-corrected chi connectivity index (χ0v) is 10.5. The molecule has 1 aromatic carbocycles. The first kappa shape index (κ1) is 12.0. The van der Waals surface area contributed by atoms with Crippen LogP contribution in [0.3, 0.4) is 0 Å². The minimum absolute atomic E-state index is 0.320. The molecular formula is C11H16OS2. The zero-order valence-electron chi connectivity index (χ0n) is 8.82. The first-order valence-electron chi connectivity index (χ1n) is 4.66. The maximum atomic E-state index is 5.43. The standard InChI is InChI=1S/C11H16OS2/c1-9(2)12-8-13-14-11-6-4-10(3)5-7-11/h4-7,9H,8H2,1-3H3. The Labute approximate surface area is 94.0 Å². The second kappa shape index (κ2) is 6.38. The van der Waals surface area contributed by atoms with E-state index in [-0.39, 0.29) is 0 Å². The molecule has 0 fully saturated rings. The predicted octanol–water partition coefficient (Wildman–Crippen LogP) is 4.12. The van der Waals surface area contributed by atoms with Crippen LogP contribution < -0.4 is 0 Å². The van der Waals surface area contributed by atoms with Gasteiger partial charge in [0.05, 0.1) is 6.10 Å². The van der Waals surface area contributed by atoms with E-state index in [2.05, 4.69) is 45.0 Å². The van der Waals surface area contributed by atoms with Crippen LogP contribution in [0.4, 0.5) is 0 Å². The molecule has 0 aliphatic heterocycles. The van der Waals surface area contributed by atoms with Crippen LogP contribution in [-0.2, 0) is 4.74 Å². The summed E-state index contributed by atoms with van der Waals surface area (Å²) in [4.78, 5) is 1.29. The van der Waals surface area contributed by atoms with Gasteiger partial charge in [0.1, 0.15) is 5.94 Å². The normalized spacial score (nSPS) is 10.9. The van der Waals surface area contributed by atoms with Gasteiger partial charge < -0.3 is 4.74 Å². The Bertz CT molecular complexity index is 256. The molecule has 1 rings (SSSR count). The molecule has 0 N–H and O–H groups in total. The maximum absolute atomic E-state index is 5.43. The Morgan fingerprint density at radius 3 is 2.43 bits per heavy atom. The van der Waals surface area contributed by atoms with Crippen LogP contribution in [0.1, 0.15) is 19.4 Å². The second-order valence-electron chi connectivity index (χ2n) is 3.35. The highest BCUT2D eigenvalue weighted by Gasteiger charge is 1.96. The highest BCUT2D eigenvalue weighted by Crippen LogP contribution is 2.31. The van der Waals surface area contributed by atoms with Crippen molar-refractivity contribution in [2.24, 2.45) is 0 Å². The van der Waals surface area contributed by atoms with Gasteiger partial charge in [-0.05, 0) is 32.9 Å². The van der Waals surface area contributed by atoms with Gasteiger partial charge in [0.15, 0.2) is 0 Å². The van der Waals surface area contributed by atoms with Crippen molar-refractivity contribution in [2.45, 2.75) is 31.8 Å². The second-order valence-corrected chi connectivity index (χ2v) is 5.66. The fourth-order valence-electron chi connectivity index (χ4n) is 0.850. The topological polar surface area (TPSA) is 9.23 Å². The molecule has 1 aromatic rings. The number of hydrogen-bond donors (Lipinski definition) is 0. The lowest BCUT2D eigenvalue weighted by molar-refractivity contribution is 0.121. The third kappa shape index (κ3) is 4.94. The van der Waals surface area contributed by atoms with Crippen LogP contribution in [-0.4, -0.2) is 12.0 Å². The summed E-state index contributed by atoms with van der Waals surface area (Å²) in [6.45, 7) is 6.21. The fourth-order valence-corrected chi connectivity index (χ4v) is 2.66. The number of rotatable bonds is 5. The summed E-state index contributed by atoms with van der Waals surface area (Å²) in [5, 5.41) is 0. The molecule has 3 heteroatoms. The van der Waals surface area contributed by atoms with Crippen molar-refractivity contribution in [3.8, 4) is 0 Å². The number of aryl methyl sites for hydroxylation is 1. The average Bonchev–Trinajstić information content (AvgIpc) is 2.15. The van der Waals surface area contributed by atoms with Gasteiger partial charge in [-0.3, -0.25) is 0 Å². The highest BCUT2D eigenvalue weighted by molar-refractivity contribution is 8.76. The van der Waals surface area contributed by atoms with E-state index in [4.69, 9.17) is 4.74 Å². The van der Waals surface area contributed by atoms with E-state index in [1.165, 1.54) is 10.5 Å². The molecule has 14 heavy (non-hydrogen) atoms. The Kier molecular flexibility index (Phi) is 5.45. The van der Waals surface area contributed by atoms with E-state index in [1.807, 2.05) is 0 Å². The third-order valence-corrected chi connectivity index (χ3v) is 3.66. The molecule has 0 aliphatic carbocycles. The van der Waals surface area contributed by atoms with Crippen molar-refractivity contribution in [1.82, 2.24) is 0 Å². The molecular weight excluding hydrogens is 212 g/mol. The van der Waals surface area contributed by atoms with Gasteiger partial charge in [0.2, 0.25) is 0 Å². The molecule has 0 atom stereocenters. The molecule has 78 valence electrons. The van der Waals surface area contributed by atoms with Crippen LogP contribution in [0.2, 0.25) is 0 Å². The van der Waals surface area contributed by atoms with Crippen LogP contribution >= 0.6 is 21.6 Å². The maximum Gasteiger partial charge on any atom is 0.103 e. The summed E-state index contributed by atoms with van der Waals surface area (Å²) in [7, 11) is 3.50. The third-order valence-electron chi connectivity index (χ3n) is 1.63. The molecule has 0 aliphatic rings. The minimum atomic E-state index is 0.320. The summed E-state index contributed by atoms with van der Waals surface area (Å²) in [5.74, 6) is 0.746. The van der Waals surface area contributed by atoms with Gasteiger partial charge in [-0.25, -0.2) is 0 Å². The lowest BCUT2D eigenvalue weighted by Crippen LogP contribution is -1.99. The van der Waals surface area contributed by atoms with Gasteiger partial charge in [-0.15, -0.1) is 0 Å². The van der Waals surface area contributed by atoms with Gasteiger partial charge in [-0.1, -0.05) is 39.3 Å². The average molecular weight is 228 g/mol. The van der Waals surface area contributed by atoms with Crippen molar-refractivity contribution in [1.29, 1.82) is 0 Å². The highest BCUT2D eigenvalue weighted by atomic mass is 33.1. The van der Waals surface area contributed by atoms with Gasteiger partial charge in [-0.2, -0.15) is 0 Å². The molecule has 0 spiro atoms. The first-order chi connectivity index (χ1) is 6.68. The smallest absolute Gasteiger partial charge is 0.103 e. The fraction of sp³-hybridized carbons (Fsp3) is 0.455. The van der Waals surface area contributed by atoms with Gasteiger partial charge >= 0.3 is 0 Å². The number of benzene rings is 1. The van der Waals surface area contributed by atoms with Gasteiger partial charge in [0.25, 0.3) is 0 Å². The van der Waals surface area contributed by atoms with Gasteiger partial charge in [0, 0.05) is 4.90 Å². The van der Waals surface area contributed by atoms with Crippen molar-refractivity contribution in [3.63, 3.8) is 0 Å². The molecule has 0 amide bonds. The summed E-state index contributed by atoms with van der Waals surface area (Å²) in [6, 6.07) is 8.54. The van der Waals surface area contributed by atoms with Crippen LogP contribution in [0.25, 0.3) is 0 Å². The van der Waals surface area contributed by atoms with E-state index in [0.717, 1.165) is 5.94 Å². The minimum Gasteiger partial charge on any atom is -0.367 e. The van der Waals surface area contributed by atoms with E-state index in [9.17, 15) is 0 Å². The van der Waals surface area contributed by atoms with Crippen LogP contribution in [0, 0.1) is 6.92 Å². The first-order valence-corrected chi connectivity index (χ1v) is 6.98. The van der Waals surface area contributed by atoms with E-state index in [1.54, 1.807) is 21.6 Å². The van der Waals surface area contributed by atoms with E-state index < -0.39 is 0 Å². The molecule has 0 saturated carbocycles. The van der Waals surface area contributed by atoms with Crippen molar-refractivity contribution in [2.75, 3.05) is 5.94 Å². The largest absolute Gasteiger partial charge is 0.367 e. The Morgan fingerprint density at radius 1 is 1.21 bits per heavy atom. The molecule has 0 bridgehead atoms. The van der Waals surface area contributed by atoms with Crippen molar-refractivity contribution < 1.29 is 4.74 Å². The van der Waals surface area contributed by atoms with E-state index >= 15 is 0 Å². The summed E-state index contributed by atoms with van der Waals surface area (Å²) in [5.41, 5.74) is 1.30. The van der Waals surface area contributed by atoms with Crippen LogP contribution in [0.15, 0.2) is 29.2 Å². The molecule has 0 saturated heterocycles. The Morgan fingerprint density at radius 2 is 1.86 bits per heavy atom. The summed E-state index contributed by atoms with van der Waals surface area (Å²) >= 11 is 0. The Hall–Kier alpha value is -0.120. The van der Waals surface area contributed by atoms with Crippen molar-refractivity contribution >= 4 is 21.6 Å². The molecule has 0 aromatic heterocycles. The quantitative estimate of drug-likeness (QED) is 0.426. The lowest BCUT2D eigenvalue weighted by Gasteiger charge is -2.06. The Balaban J connectivity index is 2.21. The molecule has 0 heterocycles. The van der Waals surface area contributed by atoms with Crippen molar-refractivity contribution in [3.05, 3.63) is 29.8 Å². The molecule has 0 radical (unpaired) electrons. The zero-order chi connectivity index (χ0) is 10.4. The number of hydrogen-bond acceptors (Lipinski definition) is 3. The number of ether oxygens (including phenoxy) is 1. The summed E-state index contributed by atoms with van der Waals surface area (Å²) in [6.07, 6.45) is 0.320. The van der Waals surface area contributed by atoms with E-state index in [0.29, 0.717) is 6.10 Å². The molecule has 0 unspecified atom stereocenters. The predicted molar refractivity (Wildman–Crippen MR) is 65.7 cm³/mol. The molecule has 1 nitrogen and oxygen atoms in total. The lowest BCUT2D eigenvalue weighted by atomic mass is 10.2. The summed E-state index contributed by atoms with van der Waals surface area (Å²) < 4.78 is 5.43. The SMILES string of the molecule is Cc1ccc(SSCOC(C)C)cc1. The van der Waals surface area contributed by atoms with Crippen LogP contribution in [0.5, 0.6) is 0 Å². The monoisotopic (exact) mass is 228 g/mol.